The molecule has 0 unspecified atom stereocenters. The number of halogens is 1. The number of nitrogens with zero attached hydrogens (tertiary/aromatic N) is 4. The minimum absolute atomic E-state index is 0.168. The second-order valence-corrected chi connectivity index (χ2v) is 5.47. The Morgan fingerprint density at radius 2 is 2.00 bits per heavy atom. The van der Waals surface area contributed by atoms with E-state index in [1.54, 1.807) is 0 Å². The summed E-state index contributed by atoms with van der Waals surface area (Å²) in [5, 5.41) is 3.19. The van der Waals surface area contributed by atoms with Gasteiger partial charge in [-0.25, -0.2) is 4.98 Å². The lowest BCUT2D eigenvalue weighted by Crippen LogP contribution is -2.08. The lowest BCUT2D eigenvalue weighted by atomic mass is 10.0. The molecule has 2 aromatic rings. The Balaban J connectivity index is 2.29. The molecule has 0 aromatic carbocycles. The number of nitrogens with two attached hydrogens (primary N) is 1. The first-order chi connectivity index (χ1) is 9.93. The number of anilines is 2. The van der Waals surface area contributed by atoms with Crippen LogP contribution in [-0.2, 0) is 6.54 Å². The van der Waals surface area contributed by atoms with Crippen molar-refractivity contribution in [3.05, 3.63) is 33.2 Å². The van der Waals surface area contributed by atoms with Gasteiger partial charge in [-0.3, -0.25) is 9.98 Å². The highest BCUT2D eigenvalue weighted by Crippen LogP contribution is 2.31. The van der Waals surface area contributed by atoms with Crippen molar-refractivity contribution >= 4 is 40.1 Å². The van der Waals surface area contributed by atoms with Gasteiger partial charge in [-0.15, -0.1) is 0 Å². The normalized spacial score (nSPS) is 10.5. The lowest BCUT2D eigenvalue weighted by molar-refractivity contribution is 0.978. The first-order valence-corrected chi connectivity index (χ1v) is 7.18. The van der Waals surface area contributed by atoms with E-state index in [1.165, 1.54) is 11.1 Å². The number of hydrogen-bond donors (Lipinski definition) is 2. The summed E-state index contributed by atoms with van der Waals surface area (Å²) < 4.78 is 0.511. The number of nitrogen functional groups attached to an aromatic ring is 1. The smallest absolute Gasteiger partial charge is 0.223 e. The van der Waals surface area contributed by atoms with Crippen molar-refractivity contribution in [2.45, 2.75) is 27.3 Å². The molecule has 3 N–H and O–H groups in total. The molecular formula is C14H17BrN6. The van der Waals surface area contributed by atoms with E-state index >= 15 is 0 Å². The van der Waals surface area contributed by atoms with Crippen LogP contribution in [0.1, 0.15) is 22.4 Å². The monoisotopic (exact) mass is 348 g/mol. The van der Waals surface area contributed by atoms with Gasteiger partial charge in [-0.2, -0.15) is 4.98 Å². The van der Waals surface area contributed by atoms with Crippen molar-refractivity contribution < 1.29 is 0 Å². The van der Waals surface area contributed by atoms with Crippen molar-refractivity contribution in [2.24, 2.45) is 4.99 Å². The summed E-state index contributed by atoms with van der Waals surface area (Å²) in [4.78, 5) is 16.5. The van der Waals surface area contributed by atoms with E-state index in [0.717, 1.165) is 11.3 Å². The largest absolute Gasteiger partial charge is 0.368 e. The molecule has 0 saturated heterocycles. The van der Waals surface area contributed by atoms with E-state index in [4.69, 9.17) is 5.73 Å². The number of aryl methyl sites for hydroxylation is 1. The molecule has 0 bridgehead atoms. The molecule has 2 aromatic heterocycles. The Kier molecular flexibility index (Phi) is 4.52. The Labute approximate surface area is 132 Å². The van der Waals surface area contributed by atoms with Crippen LogP contribution in [0.2, 0.25) is 0 Å². The molecule has 0 atom stereocenters. The fourth-order valence-corrected chi connectivity index (χ4v) is 2.43. The van der Waals surface area contributed by atoms with Gasteiger partial charge in [0, 0.05) is 6.20 Å². The van der Waals surface area contributed by atoms with Crippen LogP contribution in [0.3, 0.4) is 0 Å². The summed E-state index contributed by atoms with van der Waals surface area (Å²) >= 11 is 3.30. The Bertz CT molecular complexity index is 698. The van der Waals surface area contributed by atoms with E-state index in [1.807, 2.05) is 6.20 Å². The van der Waals surface area contributed by atoms with Crippen molar-refractivity contribution in [1.29, 1.82) is 0 Å². The Morgan fingerprint density at radius 3 is 2.67 bits per heavy atom. The summed E-state index contributed by atoms with van der Waals surface area (Å²) in [6, 6.07) is 0. The molecule has 0 aliphatic rings. The van der Waals surface area contributed by atoms with Gasteiger partial charge < -0.3 is 11.1 Å². The van der Waals surface area contributed by atoms with Gasteiger partial charge in [0.15, 0.2) is 5.82 Å². The highest BCUT2D eigenvalue weighted by Gasteiger charge is 2.11. The number of aliphatic imine (C=N–C) groups is 1. The van der Waals surface area contributed by atoms with Gasteiger partial charge in [0.1, 0.15) is 10.3 Å². The molecule has 6 nitrogen and oxygen atoms in total. The van der Waals surface area contributed by atoms with Crippen LogP contribution < -0.4 is 11.1 Å². The van der Waals surface area contributed by atoms with Crippen molar-refractivity contribution in [3.63, 3.8) is 0 Å². The maximum absolute atomic E-state index is 5.66. The van der Waals surface area contributed by atoms with Gasteiger partial charge in [0.25, 0.3) is 0 Å². The highest BCUT2D eigenvalue weighted by atomic mass is 79.9. The molecule has 0 fully saturated rings. The van der Waals surface area contributed by atoms with Crippen molar-refractivity contribution in [3.8, 4) is 0 Å². The molecule has 0 saturated carbocycles. The summed E-state index contributed by atoms with van der Waals surface area (Å²) in [7, 11) is 0. The van der Waals surface area contributed by atoms with Crippen LogP contribution >= 0.6 is 15.9 Å². The molecule has 0 aliphatic heterocycles. The SMILES string of the molecule is C=Nc1c(Br)nc(N)nc1NCc1ncc(C)c(C)c1C. The molecule has 0 aliphatic carbocycles. The van der Waals surface area contributed by atoms with Crippen LogP contribution in [0.5, 0.6) is 0 Å². The standard InChI is InChI=1S/C14H17BrN6/c1-7-5-18-10(9(3)8(7)2)6-19-13-11(17-4)12(15)20-14(16)21-13/h5H,4,6H2,1-3H3,(H3,16,19,20,21). The van der Waals surface area contributed by atoms with E-state index < -0.39 is 0 Å². The van der Waals surface area contributed by atoms with Crippen LogP contribution in [0, 0.1) is 20.8 Å². The van der Waals surface area contributed by atoms with E-state index in [0.29, 0.717) is 22.7 Å². The molecule has 110 valence electrons. The van der Waals surface area contributed by atoms with Crippen LogP contribution in [0.15, 0.2) is 15.8 Å². The maximum Gasteiger partial charge on any atom is 0.223 e. The van der Waals surface area contributed by atoms with E-state index in [-0.39, 0.29) is 5.95 Å². The predicted octanol–water partition coefficient (Wildman–Crippen LogP) is 3.09. The average molecular weight is 349 g/mol. The second kappa shape index (κ2) is 6.17. The first kappa shape index (κ1) is 15.4. The molecular weight excluding hydrogens is 332 g/mol. The summed E-state index contributed by atoms with van der Waals surface area (Å²) in [5.41, 5.74) is 10.7. The van der Waals surface area contributed by atoms with Crippen molar-refractivity contribution in [2.75, 3.05) is 11.1 Å². The van der Waals surface area contributed by atoms with Gasteiger partial charge in [0.2, 0.25) is 5.95 Å². The number of hydrogen-bond acceptors (Lipinski definition) is 6. The van der Waals surface area contributed by atoms with Crippen LogP contribution in [-0.4, -0.2) is 21.7 Å². The molecule has 0 amide bonds. The van der Waals surface area contributed by atoms with E-state index in [2.05, 4.69) is 68.7 Å². The summed E-state index contributed by atoms with van der Waals surface area (Å²) in [6.45, 7) is 10.2. The minimum atomic E-state index is 0.168. The topological polar surface area (TPSA) is 89.1 Å². The fourth-order valence-electron chi connectivity index (χ4n) is 1.93. The molecule has 21 heavy (non-hydrogen) atoms. The lowest BCUT2D eigenvalue weighted by Gasteiger charge is -2.13. The zero-order valence-corrected chi connectivity index (χ0v) is 13.8. The third-order valence-corrected chi connectivity index (χ3v) is 3.99. The third-order valence-electron chi connectivity index (χ3n) is 3.44. The zero-order valence-electron chi connectivity index (χ0n) is 12.2. The van der Waals surface area contributed by atoms with Gasteiger partial charge in [-0.05, 0) is 60.1 Å². The van der Waals surface area contributed by atoms with Gasteiger partial charge in [0.05, 0.1) is 12.2 Å². The van der Waals surface area contributed by atoms with Gasteiger partial charge >= 0.3 is 0 Å². The number of aromatic nitrogens is 3. The molecule has 0 spiro atoms. The fraction of sp³-hybridized carbons (Fsp3) is 0.286. The Hall–Kier alpha value is -2.02. The van der Waals surface area contributed by atoms with E-state index in [9.17, 15) is 0 Å². The first-order valence-electron chi connectivity index (χ1n) is 6.39. The molecule has 0 radical (unpaired) electrons. The van der Waals surface area contributed by atoms with Gasteiger partial charge in [-0.1, -0.05) is 0 Å². The maximum atomic E-state index is 5.66. The molecule has 2 heterocycles. The zero-order chi connectivity index (χ0) is 15.6. The number of rotatable bonds is 4. The Morgan fingerprint density at radius 1 is 1.29 bits per heavy atom. The summed E-state index contributed by atoms with van der Waals surface area (Å²) in [5.74, 6) is 0.699. The minimum Gasteiger partial charge on any atom is -0.368 e. The molecule has 7 heteroatoms. The second-order valence-electron chi connectivity index (χ2n) is 4.72. The van der Waals surface area contributed by atoms with Crippen molar-refractivity contribution in [1.82, 2.24) is 15.0 Å². The number of pyridine rings is 1. The quantitative estimate of drug-likeness (QED) is 0.654. The number of nitrogens with one attached hydrogen (secondary N) is 1. The average Bonchev–Trinajstić information content (AvgIpc) is 2.43. The molecule has 2 rings (SSSR count). The summed E-state index contributed by atoms with van der Waals surface area (Å²) in [6.07, 6.45) is 1.87. The third kappa shape index (κ3) is 3.18. The van der Waals surface area contributed by atoms with Crippen LogP contribution in [0.4, 0.5) is 17.5 Å². The van der Waals surface area contributed by atoms with Crippen LogP contribution in [0.25, 0.3) is 0 Å². The highest BCUT2D eigenvalue weighted by molar-refractivity contribution is 9.10. The predicted molar refractivity (Wildman–Crippen MR) is 89.1 cm³/mol.